The molecule has 0 spiro atoms. The Kier molecular flexibility index (Phi) is 8.39. The second-order valence-corrected chi connectivity index (χ2v) is 8.67. The monoisotopic (exact) mass is 355 g/mol. The second-order valence-electron chi connectivity index (χ2n) is 8.67. The van der Waals surface area contributed by atoms with E-state index in [9.17, 15) is 9.59 Å². The minimum absolute atomic E-state index is 0.165. The van der Waals surface area contributed by atoms with Crippen molar-refractivity contribution < 1.29 is 19.4 Å². The molecular weight excluding hydrogens is 318 g/mol. The molecule has 1 atom stereocenters. The topological polar surface area (TPSA) is 75.6 Å². The van der Waals surface area contributed by atoms with E-state index in [1.165, 1.54) is 20.0 Å². The predicted molar refractivity (Wildman–Crippen MR) is 99.4 cm³/mol. The lowest BCUT2D eigenvalue weighted by Crippen LogP contribution is -2.41. The zero-order valence-corrected chi connectivity index (χ0v) is 16.7. The highest BCUT2D eigenvalue weighted by molar-refractivity contribution is 5.76. The molecule has 0 aromatic carbocycles. The maximum Gasteiger partial charge on any atom is 0.311 e. The van der Waals surface area contributed by atoms with Crippen LogP contribution in [0, 0.1) is 22.7 Å². The van der Waals surface area contributed by atoms with Gasteiger partial charge in [-0.05, 0) is 82.7 Å². The van der Waals surface area contributed by atoms with Crippen molar-refractivity contribution in [1.29, 1.82) is 0 Å². The molecule has 1 rings (SSSR count). The van der Waals surface area contributed by atoms with Crippen LogP contribution in [0.1, 0.15) is 72.6 Å². The van der Waals surface area contributed by atoms with Crippen LogP contribution in [-0.2, 0) is 14.3 Å². The van der Waals surface area contributed by atoms with Crippen molar-refractivity contribution in [2.24, 2.45) is 22.7 Å². The van der Waals surface area contributed by atoms with Gasteiger partial charge in [-0.15, -0.1) is 0 Å². The molecule has 1 aliphatic heterocycles. The molecule has 0 radical (unpaired) electrons. The van der Waals surface area contributed by atoms with Gasteiger partial charge < -0.3 is 15.2 Å². The van der Waals surface area contributed by atoms with Gasteiger partial charge in [-0.1, -0.05) is 13.8 Å². The Hall–Kier alpha value is -1.10. The zero-order valence-electron chi connectivity index (χ0n) is 16.7. The van der Waals surface area contributed by atoms with E-state index in [0.717, 1.165) is 38.8 Å². The van der Waals surface area contributed by atoms with Crippen LogP contribution in [0.3, 0.4) is 0 Å². The third-order valence-electron chi connectivity index (χ3n) is 6.54. The normalized spacial score (nSPS) is 18.0. The van der Waals surface area contributed by atoms with Gasteiger partial charge in [0.25, 0.3) is 0 Å². The van der Waals surface area contributed by atoms with Crippen LogP contribution in [0.2, 0.25) is 0 Å². The third-order valence-corrected chi connectivity index (χ3v) is 6.54. The van der Waals surface area contributed by atoms with Crippen molar-refractivity contribution in [3.63, 3.8) is 0 Å². The largest absolute Gasteiger partial charge is 0.481 e. The van der Waals surface area contributed by atoms with Crippen LogP contribution in [0.25, 0.3) is 0 Å². The second kappa shape index (κ2) is 9.56. The third kappa shape index (κ3) is 6.28. The molecule has 1 aliphatic rings. The molecule has 5 nitrogen and oxygen atoms in total. The van der Waals surface area contributed by atoms with Crippen LogP contribution in [0.15, 0.2) is 0 Å². The Balaban J connectivity index is 2.71. The summed E-state index contributed by atoms with van der Waals surface area (Å²) in [7, 11) is 1.45. The average molecular weight is 356 g/mol. The first-order valence-corrected chi connectivity index (χ1v) is 9.62. The number of hydrogen-bond acceptors (Lipinski definition) is 4. The van der Waals surface area contributed by atoms with Crippen LogP contribution >= 0.6 is 0 Å². The van der Waals surface area contributed by atoms with Crippen molar-refractivity contribution in [2.75, 3.05) is 20.2 Å². The van der Waals surface area contributed by atoms with Gasteiger partial charge in [0.2, 0.25) is 0 Å². The summed E-state index contributed by atoms with van der Waals surface area (Å²) < 4.78 is 5.00. The summed E-state index contributed by atoms with van der Waals surface area (Å²) in [4.78, 5) is 23.0. The Morgan fingerprint density at radius 2 is 1.76 bits per heavy atom. The molecule has 2 N–H and O–H groups in total. The van der Waals surface area contributed by atoms with Gasteiger partial charge in [0.05, 0.1) is 12.5 Å². The lowest BCUT2D eigenvalue weighted by molar-refractivity contribution is -0.158. The summed E-state index contributed by atoms with van der Waals surface area (Å²) in [5.41, 5.74) is -0.709. The maximum absolute atomic E-state index is 12.2. The van der Waals surface area contributed by atoms with E-state index in [4.69, 9.17) is 9.84 Å². The molecule has 0 aromatic heterocycles. The summed E-state index contributed by atoms with van der Waals surface area (Å²) in [6.07, 6.45) is 6.26. The highest BCUT2D eigenvalue weighted by atomic mass is 16.5. The van der Waals surface area contributed by atoms with Gasteiger partial charge in [-0.25, -0.2) is 0 Å². The van der Waals surface area contributed by atoms with E-state index in [1.807, 2.05) is 13.8 Å². The number of aliphatic carboxylic acids is 1. The molecule has 0 saturated carbocycles. The number of carboxylic acid groups (broad SMARTS) is 1. The number of piperidine rings is 1. The predicted octanol–water partition coefficient (Wildman–Crippen LogP) is 3.86. The lowest BCUT2D eigenvalue weighted by Gasteiger charge is -2.41. The Morgan fingerprint density at radius 3 is 2.28 bits per heavy atom. The number of carboxylic acids is 1. The number of carbonyl (C=O) groups excluding carboxylic acids is 1. The van der Waals surface area contributed by atoms with Gasteiger partial charge in [0.15, 0.2) is 0 Å². The molecule has 1 fully saturated rings. The summed E-state index contributed by atoms with van der Waals surface area (Å²) >= 11 is 0. The quantitative estimate of drug-likeness (QED) is 0.582. The van der Waals surface area contributed by atoms with Gasteiger partial charge >= 0.3 is 11.9 Å². The van der Waals surface area contributed by atoms with E-state index in [0.29, 0.717) is 11.8 Å². The molecule has 0 bridgehead atoms. The highest BCUT2D eigenvalue weighted by Crippen LogP contribution is 2.45. The van der Waals surface area contributed by atoms with Crippen molar-refractivity contribution >= 4 is 11.9 Å². The van der Waals surface area contributed by atoms with E-state index in [2.05, 4.69) is 19.2 Å². The van der Waals surface area contributed by atoms with Crippen LogP contribution in [-0.4, -0.2) is 37.2 Å². The molecule has 1 saturated heterocycles. The highest BCUT2D eigenvalue weighted by Gasteiger charge is 2.44. The standard InChI is InChI=1S/C20H37NO4/c1-19(2,20(3,4)18(24)25-5)12-9-15(7-6-8-17(22)23)16-10-13-21-14-11-16/h15-16,21H,6-14H2,1-5H3,(H,22,23). The van der Waals surface area contributed by atoms with Crippen LogP contribution in [0.5, 0.6) is 0 Å². The fraction of sp³-hybridized carbons (Fsp3) is 0.900. The summed E-state index contributed by atoms with van der Waals surface area (Å²) in [5, 5.41) is 12.3. The van der Waals surface area contributed by atoms with Gasteiger partial charge in [0, 0.05) is 6.42 Å². The SMILES string of the molecule is COC(=O)C(C)(C)C(C)(C)CCC(CCCC(=O)O)C1CCNCC1. The average Bonchev–Trinajstić information content (AvgIpc) is 2.57. The molecule has 146 valence electrons. The smallest absolute Gasteiger partial charge is 0.311 e. The first-order valence-electron chi connectivity index (χ1n) is 9.62. The number of hydrogen-bond donors (Lipinski definition) is 2. The number of methoxy groups -OCH3 is 1. The Morgan fingerprint density at radius 1 is 1.16 bits per heavy atom. The molecule has 0 aliphatic carbocycles. The molecule has 25 heavy (non-hydrogen) atoms. The lowest BCUT2D eigenvalue weighted by atomic mass is 9.64. The number of rotatable bonds is 10. The van der Waals surface area contributed by atoms with Gasteiger partial charge in [-0.2, -0.15) is 0 Å². The molecule has 0 amide bonds. The maximum atomic E-state index is 12.2. The number of esters is 1. The molecular formula is C20H37NO4. The van der Waals surface area contributed by atoms with E-state index in [1.54, 1.807) is 0 Å². The number of carbonyl (C=O) groups is 2. The van der Waals surface area contributed by atoms with Crippen molar-refractivity contribution in [1.82, 2.24) is 5.32 Å². The van der Waals surface area contributed by atoms with Crippen molar-refractivity contribution in [3.05, 3.63) is 0 Å². The van der Waals surface area contributed by atoms with E-state index >= 15 is 0 Å². The van der Waals surface area contributed by atoms with Crippen LogP contribution < -0.4 is 5.32 Å². The van der Waals surface area contributed by atoms with Crippen LogP contribution in [0.4, 0.5) is 0 Å². The number of ether oxygens (including phenoxy) is 1. The molecule has 5 heteroatoms. The summed E-state index contributed by atoms with van der Waals surface area (Å²) in [5.74, 6) is 0.319. The van der Waals surface area contributed by atoms with E-state index in [-0.39, 0.29) is 17.8 Å². The minimum Gasteiger partial charge on any atom is -0.481 e. The Bertz CT molecular complexity index is 439. The summed E-state index contributed by atoms with van der Waals surface area (Å²) in [6, 6.07) is 0. The number of nitrogens with one attached hydrogen (secondary N) is 1. The first-order chi connectivity index (χ1) is 11.6. The fourth-order valence-electron chi connectivity index (χ4n) is 3.84. The molecule has 1 unspecified atom stereocenters. The first kappa shape index (κ1) is 21.9. The van der Waals surface area contributed by atoms with Crippen molar-refractivity contribution in [3.8, 4) is 0 Å². The van der Waals surface area contributed by atoms with Gasteiger partial charge in [-0.3, -0.25) is 9.59 Å². The minimum atomic E-state index is -0.712. The molecule has 1 heterocycles. The van der Waals surface area contributed by atoms with Crippen molar-refractivity contribution in [2.45, 2.75) is 72.6 Å². The summed E-state index contributed by atoms with van der Waals surface area (Å²) in [6.45, 7) is 10.3. The fourth-order valence-corrected chi connectivity index (χ4v) is 3.84. The van der Waals surface area contributed by atoms with Gasteiger partial charge in [0.1, 0.15) is 0 Å². The van der Waals surface area contributed by atoms with E-state index < -0.39 is 11.4 Å². The Labute approximate surface area is 152 Å². The zero-order chi connectivity index (χ0) is 19.1. The molecule has 0 aromatic rings.